The van der Waals surface area contributed by atoms with Crippen LogP contribution in [0.25, 0.3) is 0 Å². The van der Waals surface area contributed by atoms with Crippen LogP contribution in [-0.2, 0) is 21.9 Å². The lowest BCUT2D eigenvalue weighted by atomic mass is 9.94. The van der Waals surface area contributed by atoms with E-state index >= 15 is 0 Å². The molecule has 14 heteroatoms. The third-order valence-corrected chi connectivity index (χ3v) is 5.86. The summed E-state index contributed by atoms with van der Waals surface area (Å²) in [5, 5.41) is 7.06. The summed E-state index contributed by atoms with van der Waals surface area (Å²) in [7, 11) is 0. The van der Waals surface area contributed by atoms with Crippen LogP contribution in [0.5, 0.6) is 0 Å². The van der Waals surface area contributed by atoms with Crippen molar-refractivity contribution in [3.05, 3.63) is 70.4 Å². The number of esters is 1. The first kappa shape index (κ1) is 30.3. The predicted octanol–water partition coefficient (Wildman–Crippen LogP) is 6.68. The third-order valence-electron chi connectivity index (χ3n) is 5.86. The molecule has 1 heterocycles. The first-order valence-corrected chi connectivity index (χ1v) is 12.1. The summed E-state index contributed by atoms with van der Waals surface area (Å²) in [6.45, 7) is 5.52. The second kappa shape index (κ2) is 11.9. The smallest absolute Gasteiger partial charge is 0.416 e. The van der Waals surface area contributed by atoms with Crippen LogP contribution in [0.15, 0.2) is 53.7 Å². The summed E-state index contributed by atoms with van der Waals surface area (Å²) in [6, 6.07) is 4.03. The zero-order valence-electron chi connectivity index (χ0n) is 21.6. The van der Waals surface area contributed by atoms with Gasteiger partial charge in [-0.3, -0.25) is 4.90 Å². The SMILES string of the molecule is CCCN1C(=O)NC(c2cccc(NC(=O)Nc3cc(C(F)(F)F)cc(C(F)(F)F)c3)c2)C(C(=O)OCC)=C1C. The van der Waals surface area contributed by atoms with E-state index < -0.39 is 53.2 Å². The van der Waals surface area contributed by atoms with Crippen LogP contribution in [-0.4, -0.2) is 36.1 Å². The highest BCUT2D eigenvalue weighted by molar-refractivity contribution is 6.00. The number of benzene rings is 2. The Morgan fingerprint density at radius 3 is 2.10 bits per heavy atom. The largest absolute Gasteiger partial charge is 0.463 e. The lowest BCUT2D eigenvalue weighted by Crippen LogP contribution is -2.48. The number of nitrogens with one attached hydrogen (secondary N) is 3. The average molecular weight is 573 g/mol. The summed E-state index contributed by atoms with van der Waals surface area (Å²) in [4.78, 5) is 39.5. The fourth-order valence-electron chi connectivity index (χ4n) is 4.11. The topological polar surface area (TPSA) is 99.8 Å². The standard InChI is InChI=1S/C26H26F6N4O4/c1-4-9-36-14(3)20(22(37)40-5-2)21(35-24(36)39)15-7-6-8-18(10-15)33-23(38)34-19-12-16(25(27,28)29)11-17(13-19)26(30,31)32/h6-8,10-13,21H,4-5,9H2,1-3H3,(H,35,39)(H2,33,34,38). The molecule has 1 unspecified atom stereocenters. The fourth-order valence-corrected chi connectivity index (χ4v) is 4.11. The number of anilines is 2. The van der Waals surface area contributed by atoms with E-state index in [-0.39, 0.29) is 23.9 Å². The number of hydrogen-bond donors (Lipinski definition) is 3. The number of carbonyl (C=O) groups excluding carboxylic acids is 3. The van der Waals surface area contributed by atoms with Crippen molar-refractivity contribution >= 4 is 29.4 Å². The van der Waals surface area contributed by atoms with Gasteiger partial charge in [-0.25, -0.2) is 14.4 Å². The Kier molecular flexibility index (Phi) is 9.00. The van der Waals surface area contributed by atoms with Gasteiger partial charge in [-0.2, -0.15) is 26.3 Å². The highest BCUT2D eigenvalue weighted by atomic mass is 19.4. The third kappa shape index (κ3) is 7.04. The number of amides is 4. The van der Waals surface area contributed by atoms with Crippen molar-refractivity contribution in [2.45, 2.75) is 45.6 Å². The molecule has 40 heavy (non-hydrogen) atoms. The summed E-state index contributed by atoms with van der Waals surface area (Å²) in [5.41, 5.74) is -2.89. The molecule has 0 aromatic heterocycles. The molecule has 3 rings (SSSR count). The molecule has 8 nitrogen and oxygen atoms in total. The number of allylic oxidation sites excluding steroid dienone is 1. The molecule has 0 saturated carbocycles. The molecular weight excluding hydrogens is 546 g/mol. The van der Waals surface area contributed by atoms with E-state index in [4.69, 9.17) is 4.74 Å². The molecule has 216 valence electrons. The molecule has 0 aliphatic carbocycles. The van der Waals surface area contributed by atoms with Gasteiger partial charge in [0.25, 0.3) is 0 Å². The van der Waals surface area contributed by atoms with Crippen molar-refractivity contribution < 1.29 is 45.5 Å². The molecule has 3 N–H and O–H groups in total. The zero-order chi connectivity index (χ0) is 29.8. The van der Waals surface area contributed by atoms with E-state index in [2.05, 4.69) is 10.6 Å². The van der Waals surface area contributed by atoms with E-state index in [1.54, 1.807) is 19.9 Å². The highest BCUT2D eigenvalue weighted by Crippen LogP contribution is 2.38. The Balaban J connectivity index is 1.89. The number of hydrogen-bond acceptors (Lipinski definition) is 4. The number of rotatable bonds is 7. The van der Waals surface area contributed by atoms with E-state index in [0.717, 1.165) is 0 Å². The second-order valence-corrected chi connectivity index (χ2v) is 8.75. The summed E-state index contributed by atoms with van der Waals surface area (Å²) >= 11 is 0. The van der Waals surface area contributed by atoms with Gasteiger partial charge in [0.05, 0.1) is 29.3 Å². The molecule has 0 saturated heterocycles. The van der Waals surface area contributed by atoms with Crippen LogP contribution in [0.4, 0.5) is 47.3 Å². The first-order chi connectivity index (χ1) is 18.6. The van der Waals surface area contributed by atoms with Gasteiger partial charge in [0.1, 0.15) is 0 Å². The van der Waals surface area contributed by atoms with Crippen molar-refractivity contribution in [1.29, 1.82) is 0 Å². The number of nitrogens with zero attached hydrogens (tertiary/aromatic N) is 1. The van der Waals surface area contributed by atoms with Crippen LogP contribution in [0.3, 0.4) is 0 Å². The monoisotopic (exact) mass is 572 g/mol. The van der Waals surface area contributed by atoms with Crippen LogP contribution in [0.1, 0.15) is 49.9 Å². The minimum absolute atomic E-state index is 0.0523. The molecule has 2 aromatic rings. The Morgan fingerprint density at radius 1 is 0.950 bits per heavy atom. The molecule has 0 fully saturated rings. The van der Waals surface area contributed by atoms with E-state index in [0.29, 0.717) is 36.4 Å². The Morgan fingerprint density at radius 2 is 1.55 bits per heavy atom. The molecule has 2 aromatic carbocycles. The molecule has 0 bridgehead atoms. The van der Waals surface area contributed by atoms with Crippen LogP contribution in [0, 0.1) is 0 Å². The van der Waals surface area contributed by atoms with Crippen molar-refractivity contribution in [2.75, 3.05) is 23.8 Å². The van der Waals surface area contributed by atoms with Gasteiger partial charge in [-0.15, -0.1) is 0 Å². The Bertz CT molecular complexity index is 1290. The van der Waals surface area contributed by atoms with Gasteiger partial charge in [0, 0.05) is 23.6 Å². The van der Waals surface area contributed by atoms with E-state index in [1.807, 2.05) is 12.2 Å². The van der Waals surface area contributed by atoms with E-state index in [9.17, 15) is 40.7 Å². The second-order valence-electron chi connectivity index (χ2n) is 8.75. The summed E-state index contributed by atoms with van der Waals surface area (Å²) < 4.78 is 84.0. The predicted molar refractivity (Wildman–Crippen MR) is 133 cm³/mol. The molecular formula is C26H26F6N4O4. The number of carbonyl (C=O) groups is 3. The van der Waals surface area contributed by atoms with Gasteiger partial charge in [-0.1, -0.05) is 19.1 Å². The maximum absolute atomic E-state index is 13.1. The minimum Gasteiger partial charge on any atom is -0.463 e. The quantitative estimate of drug-likeness (QED) is 0.255. The van der Waals surface area contributed by atoms with Crippen molar-refractivity contribution in [2.24, 2.45) is 0 Å². The van der Waals surface area contributed by atoms with Crippen molar-refractivity contribution in [3.8, 4) is 0 Å². The Labute approximate surface area is 225 Å². The van der Waals surface area contributed by atoms with Crippen molar-refractivity contribution in [1.82, 2.24) is 10.2 Å². The number of alkyl halides is 6. The molecule has 1 aliphatic rings. The summed E-state index contributed by atoms with van der Waals surface area (Å²) in [5.74, 6) is -0.660. The molecule has 0 radical (unpaired) electrons. The van der Waals surface area contributed by atoms with Gasteiger partial charge in [0.2, 0.25) is 0 Å². The molecule has 0 spiro atoms. The molecule has 1 aliphatic heterocycles. The fraction of sp³-hybridized carbons (Fsp3) is 0.346. The normalized spacial score (nSPS) is 16.0. The van der Waals surface area contributed by atoms with Gasteiger partial charge in [-0.05, 0) is 56.2 Å². The van der Waals surface area contributed by atoms with Crippen LogP contribution >= 0.6 is 0 Å². The average Bonchev–Trinajstić information content (AvgIpc) is 2.85. The lowest BCUT2D eigenvalue weighted by Gasteiger charge is -2.35. The van der Waals surface area contributed by atoms with Gasteiger partial charge in [0.15, 0.2) is 0 Å². The number of halogens is 6. The minimum atomic E-state index is -5.08. The van der Waals surface area contributed by atoms with Gasteiger partial charge >= 0.3 is 30.4 Å². The van der Waals surface area contributed by atoms with Crippen molar-refractivity contribution in [3.63, 3.8) is 0 Å². The summed E-state index contributed by atoms with van der Waals surface area (Å²) in [6.07, 6.45) is -9.54. The van der Waals surface area contributed by atoms with Gasteiger partial charge < -0.3 is 20.7 Å². The highest BCUT2D eigenvalue weighted by Gasteiger charge is 2.38. The maximum atomic E-state index is 13.1. The Hall–Kier alpha value is -4.23. The number of ether oxygens (including phenoxy) is 1. The van der Waals surface area contributed by atoms with Crippen LogP contribution in [0.2, 0.25) is 0 Å². The number of urea groups is 2. The maximum Gasteiger partial charge on any atom is 0.416 e. The zero-order valence-corrected chi connectivity index (χ0v) is 21.6. The molecule has 1 atom stereocenters. The van der Waals surface area contributed by atoms with Crippen LogP contribution < -0.4 is 16.0 Å². The lowest BCUT2D eigenvalue weighted by molar-refractivity contribution is -0.143. The van der Waals surface area contributed by atoms with E-state index in [1.165, 1.54) is 23.1 Å². The molecule has 4 amide bonds. The first-order valence-electron chi connectivity index (χ1n) is 12.1.